The van der Waals surface area contributed by atoms with Crippen molar-refractivity contribution in [2.75, 3.05) is 26.9 Å². The third-order valence-corrected chi connectivity index (χ3v) is 4.22. The first-order chi connectivity index (χ1) is 9.13. The molecule has 1 aromatic carbocycles. The number of methoxy groups -OCH3 is 1. The minimum Gasteiger partial charge on any atom is -0.497 e. The van der Waals surface area contributed by atoms with Gasteiger partial charge in [-0.2, -0.15) is 0 Å². The Hall–Kier alpha value is -0.620. The molecule has 0 amide bonds. The molecule has 0 aromatic heterocycles. The second-order valence-electron chi connectivity index (χ2n) is 4.90. The van der Waals surface area contributed by atoms with Crippen molar-refractivity contribution in [3.05, 3.63) is 28.2 Å². The fraction of sp³-hybridized carbons (Fsp3) is 0.571. The van der Waals surface area contributed by atoms with Crippen molar-refractivity contribution in [2.45, 2.75) is 25.0 Å². The summed E-state index contributed by atoms with van der Waals surface area (Å²) in [5.74, 6) is 0.838. The fourth-order valence-corrected chi connectivity index (χ4v) is 2.56. The summed E-state index contributed by atoms with van der Waals surface area (Å²) in [6.45, 7) is 2.56. The van der Waals surface area contributed by atoms with Crippen molar-refractivity contribution in [1.29, 1.82) is 0 Å². The Morgan fingerprint density at radius 3 is 2.84 bits per heavy atom. The molecule has 1 aliphatic heterocycles. The molecule has 0 saturated carbocycles. The Labute approximate surface area is 122 Å². The SMILES string of the molecule is COc1ccc(Br)c(CNCC2(O)CCOCC2)c1. The molecule has 5 heteroatoms. The van der Waals surface area contributed by atoms with Crippen LogP contribution in [0.25, 0.3) is 0 Å². The average molecular weight is 330 g/mol. The summed E-state index contributed by atoms with van der Waals surface area (Å²) in [5.41, 5.74) is 0.485. The van der Waals surface area contributed by atoms with E-state index in [1.165, 1.54) is 0 Å². The molecule has 1 fully saturated rings. The first-order valence-electron chi connectivity index (χ1n) is 6.46. The van der Waals surface area contributed by atoms with Gasteiger partial charge in [-0.05, 0) is 23.8 Å². The van der Waals surface area contributed by atoms with E-state index in [2.05, 4.69) is 21.2 Å². The number of ether oxygens (including phenoxy) is 2. The number of benzene rings is 1. The van der Waals surface area contributed by atoms with Gasteiger partial charge in [-0.3, -0.25) is 0 Å². The van der Waals surface area contributed by atoms with E-state index >= 15 is 0 Å². The molecule has 0 atom stereocenters. The summed E-state index contributed by atoms with van der Waals surface area (Å²) in [5, 5.41) is 13.7. The highest BCUT2D eigenvalue weighted by molar-refractivity contribution is 9.10. The van der Waals surface area contributed by atoms with Gasteiger partial charge in [0.25, 0.3) is 0 Å². The number of aliphatic hydroxyl groups is 1. The van der Waals surface area contributed by atoms with E-state index in [1.807, 2.05) is 18.2 Å². The molecule has 1 heterocycles. The monoisotopic (exact) mass is 329 g/mol. The van der Waals surface area contributed by atoms with E-state index in [9.17, 15) is 5.11 Å². The van der Waals surface area contributed by atoms with Crippen molar-refractivity contribution < 1.29 is 14.6 Å². The van der Waals surface area contributed by atoms with Crippen LogP contribution in [-0.2, 0) is 11.3 Å². The number of rotatable bonds is 5. The second kappa shape index (κ2) is 6.70. The molecule has 0 unspecified atom stereocenters. The summed E-state index contributed by atoms with van der Waals surface area (Å²) in [6, 6.07) is 5.88. The summed E-state index contributed by atoms with van der Waals surface area (Å²) in [6.07, 6.45) is 1.39. The minimum atomic E-state index is -0.635. The number of hydrogen-bond acceptors (Lipinski definition) is 4. The standard InChI is InChI=1S/C14H20BrNO3/c1-18-12-2-3-13(15)11(8-12)9-16-10-14(17)4-6-19-7-5-14/h2-3,8,16-17H,4-7,9-10H2,1H3. The van der Waals surface area contributed by atoms with Gasteiger partial charge in [-0.15, -0.1) is 0 Å². The van der Waals surface area contributed by atoms with E-state index in [4.69, 9.17) is 9.47 Å². The summed E-state index contributed by atoms with van der Waals surface area (Å²) in [7, 11) is 1.66. The lowest BCUT2D eigenvalue weighted by Gasteiger charge is -2.32. The Balaban J connectivity index is 1.88. The summed E-state index contributed by atoms with van der Waals surface area (Å²) in [4.78, 5) is 0. The number of hydrogen-bond donors (Lipinski definition) is 2. The molecule has 2 N–H and O–H groups in total. The highest BCUT2D eigenvalue weighted by atomic mass is 79.9. The molecule has 19 heavy (non-hydrogen) atoms. The zero-order valence-corrected chi connectivity index (χ0v) is 12.7. The Kier molecular flexibility index (Phi) is 5.21. The van der Waals surface area contributed by atoms with Crippen molar-refractivity contribution in [2.24, 2.45) is 0 Å². The van der Waals surface area contributed by atoms with Crippen LogP contribution in [0.15, 0.2) is 22.7 Å². The van der Waals surface area contributed by atoms with Gasteiger partial charge in [0.2, 0.25) is 0 Å². The molecule has 1 aromatic rings. The lowest BCUT2D eigenvalue weighted by molar-refractivity contribution is -0.0617. The predicted molar refractivity (Wildman–Crippen MR) is 77.4 cm³/mol. The van der Waals surface area contributed by atoms with Crippen molar-refractivity contribution in [3.63, 3.8) is 0 Å². The summed E-state index contributed by atoms with van der Waals surface area (Å²) < 4.78 is 11.5. The van der Waals surface area contributed by atoms with Crippen LogP contribution in [0.5, 0.6) is 5.75 Å². The van der Waals surface area contributed by atoms with Crippen LogP contribution in [0.2, 0.25) is 0 Å². The van der Waals surface area contributed by atoms with Crippen LogP contribution in [0.4, 0.5) is 0 Å². The highest BCUT2D eigenvalue weighted by Crippen LogP contribution is 2.23. The van der Waals surface area contributed by atoms with Crippen LogP contribution >= 0.6 is 15.9 Å². The lowest BCUT2D eigenvalue weighted by atomic mass is 9.94. The van der Waals surface area contributed by atoms with Gasteiger partial charge in [-0.25, -0.2) is 0 Å². The first-order valence-corrected chi connectivity index (χ1v) is 7.25. The van der Waals surface area contributed by atoms with Crippen LogP contribution in [-0.4, -0.2) is 37.6 Å². The third-order valence-electron chi connectivity index (χ3n) is 3.45. The van der Waals surface area contributed by atoms with Gasteiger partial charge >= 0.3 is 0 Å². The highest BCUT2D eigenvalue weighted by Gasteiger charge is 2.29. The first kappa shape index (κ1) is 14.8. The molecule has 2 rings (SSSR count). The number of halogens is 1. The number of nitrogens with one attached hydrogen (secondary N) is 1. The molecule has 106 valence electrons. The van der Waals surface area contributed by atoms with Gasteiger partial charge in [0.05, 0.1) is 12.7 Å². The maximum Gasteiger partial charge on any atom is 0.119 e. The van der Waals surface area contributed by atoms with Crippen LogP contribution in [0, 0.1) is 0 Å². The Bertz CT molecular complexity index is 419. The molecule has 4 nitrogen and oxygen atoms in total. The van der Waals surface area contributed by atoms with Crippen LogP contribution in [0.1, 0.15) is 18.4 Å². The average Bonchev–Trinajstić information content (AvgIpc) is 2.41. The van der Waals surface area contributed by atoms with Gasteiger partial charge in [0.15, 0.2) is 0 Å². The molecular weight excluding hydrogens is 310 g/mol. The summed E-state index contributed by atoms with van der Waals surface area (Å²) >= 11 is 3.52. The largest absolute Gasteiger partial charge is 0.497 e. The maximum absolute atomic E-state index is 10.3. The zero-order chi connectivity index (χ0) is 13.7. The molecular formula is C14H20BrNO3. The lowest BCUT2D eigenvalue weighted by Crippen LogP contribution is -2.44. The Morgan fingerprint density at radius 2 is 2.16 bits per heavy atom. The topological polar surface area (TPSA) is 50.7 Å². The minimum absolute atomic E-state index is 0.583. The van der Waals surface area contributed by atoms with E-state index in [0.29, 0.717) is 39.1 Å². The predicted octanol–water partition coefficient (Wildman–Crippen LogP) is 2.09. The maximum atomic E-state index is 10.3. The molecule has 0 aliphatic carbocycles. The van der Waals surface area contributed by atoms with Gasteiger partial charge in [-0.1, -0.05) is 15.9 Å². The third kappa shape index (κ3) is 4.18. The van der Waals surface area contributed by atoms with Crippen molar-refractivity contribution in [1.82, 2.24) is 5.32 Å². The van der Waals surface area contributed by atoms with Crippen LogP contribution < -0.4 is 10.1 Å². The van der Waals surface area contributed by atoms with Crippen LogP contribution in [0.3, 0.4) is 0 Å². The van der Waals surface area contributed by atoms with Gasteiger partial charge < -0.3 is 19.9 Å². The Morgan fingerprint density at radius 1 is 1.42 bits per heavy atom. The van der Waals surface area contributed by atoms with E-state index in [0.717, 1.165) is 15.8 Å². The normalized spacial score (nSPS) is 18.3. The quantitative estimate of drug-likeness (QED) is 0.868. The smallest absolute Gasteiger partial charge is 0.119 e. The molecule has 0 radical (unpaired) electrons. The van der Waals surface area contributed by atoms with Gasteiger partial charge in [0.1, 0.15) is 5.75 Å². The van der Waals surface area contributed by atoms with E-state index < -0.39 is 5.60 Å². The zero-order valence-electron chi connectivity index (χ0n) is 11.1. The molecule has 0 spiro atoms. The fourth-order valence-electron chi connectivity index (χ4n) is 2.17. The van der Waals surface area contributed by atoms with Crippen molar-refractivity contribution >= 4 is 15.9 Å². The second-order valence-corrected chi connectivity index (χ2v) is 5.75. The van der Waals surface area contributed by atoms with Gasteiger partial charge in [0, 0.05) is 43.6 Å². The van der Waals surface area contributed by atoms with E-state index in [-0.39, 0.29) is 0 Å². The molecule has 0 bridgehead atoms. The van der Waals surface area contributed by atoms with E-state index in [1.54, 1.807) is 7.11 Å². The van der Waals surface area contributed by atoms with Crippen molar-refractivity contribution in [3.8, 4) is 5.75 Å². The molecule has 1 aliphatic rings. The molecule has 1 saturated heterocycles.